The van der Waals surface area contributed by atoms with Crippen molar-refractivity contribution in [2.45, 2.75) is 57.4 Å². The zero-order chi connectivity index (χ0) is 14.6. The van der Waals surface area contributed by atoms with Gasteiger partial charge in [0.1, 0.15) is 6.04 Å². The molecule has 5 nitrogen and oxygen atoms in total. The first-order valence-corrected chi connectivity index (χ1v) is 7.76. The van der Waals surface area contributed by atoms with Crippen LogP contribution in [-0.2, 0) is 9.59 Å². The molecule has 0 aromatic heterocycles. The second-order valence-corrected chi connectivity index (χ2v) is 5.57. The van der Waals surface area contributed by atoms with Crippen LogP contribution in [0.5, 0.6) is 0 Å². The van der Waals surface area contributed by atoms with Crippen LogP contribution in [0.15, 0.2) is 0 Å². The van der Waals surface area contributed by atoms with Gasteiger partial charge in [-0.15, -0.1) is 0 Å². The van der Waals surface area contributed by atoms with Crippen LogP contribution >= 0.6 is 0 Å². The van der Waals surface area contributed by atoms with E-state index in [0.717, 1.165) is 31.8 Å². The molecule has 0 aliphatic carbocycles. The SMILES string of the molecule is O=[C]CCNC(CCCCCC1CCNCC1)C(=O)O. The van der Waals surface area contributed by atoms with E-state index in [-0.39, 0.29) is 6.42 Å². The lowest BCUT2D eigenvalue weighted by atomic mass is 9.92. The Morgan fingerprint density at radius 1 is 1.30 bits per heavy atom. The van der Waals surface area contributed by atoms with E-state index < -0.39 is 12.0 Å². The largest absolute Gasteiger partial charge is 0.480 e. The topological polar surface area (TPSA) is 78.4 Å². The molecule has 1 unspecified atom stereocenters. The van der Waals surface area contributed by atoms with Gasteiger partial charge in [-0.2, -0.15) is 0 Å². The van der Waals surface area contributed by atoms with Gasteiger partial charge >= 0.3 is 5.97 Å². The molecule has 1 aliphatic heterocycles. The van der Waals surface area contributed by atoms with Gasteiger partial charge in [0.2, 0.25) is 0 Å². The van der Waals surface area contributed by atoms with Crippen LogP contribution in [0.4, 0.5) is 0 Å². The molecule has 0 aromatic rings. The van der Waals surface area contributed by atoms with Gasteiger partial charge in [0, 0.05) is 13.0 Å². The molecule has 0 amide bonds. The second kappa shape index (κ2) is 10.8. The number of carbonyl (C=O) groups is 1. The van der Waals surface area contributed by atoms with E-state index in [1.807, 2.05) is 0 Å². The van der Waals surface area contributed by atoms with Gasteiger partial charge < -0.3 is 15.7 Å². The Labute approximate surface area is 121 Å². The molecular formula is C15H27N2O3. The standard InChI is InChI=1S/C15H27N2O3/c18-12-4-9-17-14(15(19)20)6-3-1-2-5-13-7-10-16-11-8-13/h13-14,16-17H,1-11H2,(H,19,20). The highest BCUT2D eigenvalue weighted by Crippen LogP contribution is 2.19. The Balaban J connectivity index is 2.04. The predicted molar refractivity (Wildman–Crippen MR) is 78.4 cm³/mol. The zero-order valence-corrected chi connectivity index (χ0v) is 12.2. The maximum Gasteiger partial charge on any atom is 0.320 e. The summed E-state index contributed by atoms with van der Waals surface area (Å²) in [6.07, 6.45) is 9.70. The second-order valence-electron chi connectivity index (χ2n) is 5.57. The van der Waals surface area contributed by atoms with E-state index in [0.29, 0.717) is 13.0 Å². The maximum absolute atomic E-state index is 11.0. The summed E-state index contributed by atoms with van der Waals surface area (Å²) in [4.78, 5) is 21.1. The number of nitrogens with one attached hydrogen (secondary N) is 2. The summed E-state index contributed by atoms with van der Waals surface area (Å²) in [5.41, 5.74) is 0. The van der Waals surface area contributed by atoms with Crippen LogP contribution < -0.4 is 10.6 Å². The minimum absolute atomic E-state index is 0.249. The molecule has 1 atom stereocenters. The number of carboxylic acid groups (broad SMARTS) is 1. The molecule has 0 saturated carbocycles. The van der Waals surface area contributed by atoms with E-state index in [2.05, 4.69) is 10.6 Å². The van der Waals surface area contributed by atoms with E-state index in [1.54, 1.807) is 6.29 Å². The molecule has 0 bridgehead atoms. The molecule has 5 heteroatoms. The molecule has 1 radical (unpaired) electrons. The van der Waals surface area contributed by atoms with Crippen molar-refractivity contribution in [1.29, 1.82) is 0 Å². The van der Waals surface area contributed by atoms with Gasteiger partial charge in [-0.3, -0.25) is 9.59 Å². The Morgan fingerprint density at radius 2 is 2.05 bits per heavy atom. The number of hydrogen-bond acceptors (Lipinski definition) is 4. The lowest BCUT2D eigenvalue weighted by Crippen LogP contribution is -2.37. The first-order valence-electron chi connectivity index (χ1n) is 7.76. The highest BCUT2D eigenvalue weighted by atomic mass is 16.4. The van der Waals surface area contributed by atoms with Crippen molar-refractivity contribution in [1.82, 2.24) is 10.6 Å². The molecule has 0 aromatic carbocycles. The molecule has 1 heterocycles. The zero-order valence-electron chi connectivity index (χ0n) is 12.2. The number of hydrogen-bond donors (Lipinski definition) is 3. The number of aliphatic carboxylic acids is 1. The number of piperidine rings is 1. The molecule has 1 rings (SSSR count). The van der Waals surface area contributed by atoms with Gasteiger partial charge in [0.15, 0.2) is 6.29 Å². The smallest absolute Gasteiger partial charge is 0.320 e. The average Bonchev–Trinajstić information content (AvgIpc) is 2.46. The molecule has 3 N–H and O–H groups in total. The third-order valence-corrected chi connectivity index (χ3v) is 3.98. The van der Waals surface area contributed by atoms with Crippen LogP contribution in [0.2, 0.25) is 0 Å². The molecule has 0 spiro atoms. The average molecular weight is 283 g/mol. The van der Waals surface area contributed by atoms with Crippen LogP contribution in [0.1, 0.15) is 51.4 Å². The molecule has 1 fully saturated rings. The van der Waals surface area contributed by atoms with Crippen LogP contribution in [-0.4, -0.2) is 43.0 Å². The quantitative estimate of drug-likeness (QED) is 0.501. The molecule has 115 valence electrons. The summed E-state index contributed by atoms with van der Waals surface area (Å²) >= 11 is 0. The van der Waals surface area contributed by atoms with Crippen molar-refractivity contribution >= 4 is 12.3 Å². The number of carbonyl (C=O) groups excluding carboxylic acids is 1. The third-order valence-electron chi connectivity index (χ3n) is 3.98. The van der Waals surface area contributed by atoms with Crippen molar-refractivity contribution in [2.24, 2.45) is 5.92 Å². The molecule has 1 aliphatic rings. The number of rotatable bonds is 11. The van der Waals surface area contributed by atoms with Crippen LogP contribution in [0.25, 0.3) is 0 Å². The summed E-state index contributed by atoms with van der Waals surface area (Å²) in [6.45, 7) is 2.68. The molecule has 1 saturated heterocycles. The van der Waals surface area contributed by atoms with Crippen molar-refractivity contribution in [3.63, 3.8) is 0 Å². The maximum atomic E-state index is 11.0. The Bertz CT molecular complexity index is 278. The minimum Gasteiger partial charge on any atom is -0.480 e. The fourth-order valence-electron chi connectivity index (χ4n) is 2.74. The summed E-state index contributed by atoms with van der Waals surface area (Å²) < 4.78 is 0. The van der Waals surface area contributed by atoms with Gasteiger partial charge in [-0.05, 0) is 38.3 Å². The normalized spacial score (nSPS) is 17.8. The fourth-order valence-corrected chi connectivity index (χ4v) is 2.74. The van der Waals surface area contributed by atoms with Gasteiger partial charge in [0.25, 0.3) is 0 Å². The van der Waals surface area contributed by atoms with Crippen molar-refractivity contribution in [3.05, 3.63) is 0 Å². The van der Waals surface area contributed by atoms with Gasteiger partial charge in [-0.25, -0.2) is 0 Å². The van der Waals surface area contributed by atoms with Crippen molar-refractivity contribution in [3.8, 4) is 0 Å². The van der Waals surface area contributed by atoms with E-state index >= 15 is 0 Å². The number of carboxylic acids is 1. The lowest BCUT2D eigenvalue weighted by Gasteiger charge is -2.22. The Kier molecular flexibility index (Phi) is 9.24. The fraction of sp³-hybridized carbons (Fsp3) is 0.867. The predicted octanol–water partition coefficient (Wildman–Crippen LogP) is 1.48. The van der Waals surface area contributed by atoms with Crippen molar-refractivity contribution < 1.29 is 14.7 Å². The summed E-state index contributed by atoms with van der Waals surface area (Å²) in [5.74, 6) is 0.0297. The molecule has 20 heavy (non-hydrogen) atoms. The highest BCUT2D eigenvalue weighted by Gasteiger charge is 2.16. The van der Waals surface area contributed by atoms with Crippen LogP contribution in [0.3, 0.4) is 0 Å². The Hall–Kier alpha value is -0.940. The van der Waals surface area contributed by atoms with Gasteiger partial charge in [0.05, 0.1) is 0 Å². The lowest BCUT2D eigenvalue weighted by molar-refractivity contribution is -0.139. The number of unbranched alkanes of at least 4 members (excludes halogenated alkanes) is 2. The Morgan fingerprint density at radius 3 is 2.70 bits per heavy atom. The summed E-state index contributed by atoms with van der Waals surface area (Å²) in [5, 5.41) is 15.3. The summed E-state index contributed by atoms with van der Waals surface area (Å²) in [7, 11) is 0. The van der Waals surface area contributed by atoms with E-state index in [1.165, 1.54) is 25.7 Å². The van der Waals surface area contributed by atoms with E-state index in [4.69, 9.17) is 5.11 Å². The first-order chi connectivity index (χ1) is 9.74. The van der Waals surface area contributed by atoms with Gasteiger partial charge in [-0.1, -0.05) is 25.7 Å². The van der Waals surface area contributed by atoms with Crippen LogP contribution in [0, 0.1) is 5.92 Å². The third kappa shape index (κ3) is 7.60. The minimum atomic E-state index is -0.825. The molecular weight excluding hydrogens is 256 g/mol. The van der Waals surface area contributed by atoms with Crippen molar-refractivity contribution in [2.75, 3.05) is 19.6 Å². The first kappa shape index (κ1) is 17.1. The van der Waals surface area contributed by atoms with E-state index in [9.17, 15) is 9.59 Å². The highest BCUT2D eigenvalue weighted by molar-refractivity contribution is 5.73. The monoisotopic (exact) mass is 283 g/mol. The summed E-state index contributed by atoms with van der Waals surface area (Å²) in [6, 6.07) is -0.526.